The summed E-state index contributed by atoms with van der Waals surface area (Å²) in [5.74, 6) is 0.789. The number of ether oxygens (including phenoxy) is 1. The van der Waals surface area contributed by atoms with E-state index < -0.39 is 0 Å². The van der Waals surface area contributed by atoms with E-state index in [4.69, 9.17) is 16.3 Å². The van der Waals surface area contributed by atoms with Gasteiger partial charge in [0.25, 0.3) is 0 Å². The van der Waals surface area contributed by atoms with Crippen molar-refractivity contribution in [2.24, 2.45) is 0 Å². The fraction of sp³-hybridized carbons (Fsp3) is 0.357. The lowest BCUT2D eigenvalue weighted by Gasteiger charge is -2.14. The number of hydrogen-bond acceptors (Lipinski definition) is 4. The van der Waals surface area contributed by atoms with E-state index in [1.54, 1.807) is 11.3 Å². The molecule has 0 fully saturated rings. The molecule has 2 rings (SSSR count). The van der Waals surface area contributed by atoms with E-state index in [2.05, 4.69) is 4.98 Å². The second-order valence-corrected chi connectivity index (χ2v) is 6.22. The Morgan fingerprint density at radius 3 is 2.79 bits per heavy atom. The lowest BCUT2D eigenvalue weighted by atomic mass is 10.3. The average Bonchev–Trinajstić information content (AvgIpc) is 2.69. The normalized spacial score (nSPS) is 12.2. The van der Waals surface area contributed by atoms with Crippen LogP contribution >= 0.6 is 22.9 Å². The van der Waals surface area contributed by atoms with Crippen molar-refractivity contribution in [3.63, 3.8) is 0 Å². The number of fused-ring (bicyclic) bond motifs is 1. The van der Waals surface area contributed by atoms with Crippen LogP contribution in [0.1, 0.15) is 18.9 Å². The summed E-state index contributed by atoms with van der Waals surface area (Å²) < 4.78 is 6.95. The van der Waals surface area contributed by atoms with Gasteiger partial charge in [-0.05, 0) is 32.0 Å². The number of rotatable bonds is 4. The molecule has 0 aliphatic heterocycles. The van der Waals surface area contributed by atoms with Gasteiger partial charge in [-0.2, -0.15) is 0 Å². The van der Waals surface area contributed by atoms with Gasteiger partial charge in [-0.3, -0.25) is 0 Å². The molecule has 0 saturated carbocycles. The third kappa shape index (κ3) is 3.61. The summed E-state index contributed by atoms with van der Waals surface area (Å²) in [6, 6.07) is 5.74. The molecule has 0 spiro atoms. The molecule has 3 nitrogen and oxygen atoms in total. The molecule has 5 heteroatoms. The van der Waals surface area contributed by atoms with Crippen LogP contribution in [0.25, 0.3) is 16.0 Å². The molecule has 0 saturated heterocycles. The first kappa shape index (κ1) is 14.2. The lowest BCUT2D eigenvalue weighted by molar-refractivity contribution is 0.201. The molecule has 2 aromatic rings. The Morgan fingerprint density at radius 1 is 1.42 bits per heavy atom. The number of halogens is 1. The van der Waals surface area contributed by atoms with Gasteiger partial charge in [0.15, 0.2) is 10.8 Å². The number of benzene rings is 1. The van der Waals surface area contributed by atoms with E-state index in [-0.39, 0.29) is 6.10 Å². The maximum atomic E-state index is 5.99. The molecule has 0 atom stereocenters. The molecule has 0 aliphatic carbocycles. The standard InChI is InChI=1S/C14H17ClN2OS/c1-9(2)18-12(8-17(3)4)14-16-11-7-10(15)5-6-13(11)19-14/h5-9H,1-4H3/b12-8+. The largest absolute Gasteiger partial charge is 0.486 e. The molecule has 102 valence electrons. The Kier molecular flexibility index (Phi) is 4.32. The van der Waals surface area contributed by atoms with E-state index in [0.29, 0.717) is 5.02 Å². The van der Waals surface area contributed by atoms with Crippen LogP contribution in [0.3, 0.4) is 0 Å². The first-order chi connectivity index (χ1) is 8.95. The third-order valence-corrected chi connectivity index (χ3v) is 3.58. The minimum atomic E-state index is 0.113. The third-order valence-electron chi connectivity index (χ3n) is 2.30. The van der Waals surface area contributed by atoms with E-state index in [9.17, 15) is 0 Å². The summed E-state index contributed by atoms with van der Waals surface area (Å²) >= 11 is 7.60. The first-order valence-corrected chi connectivity index (χ1v) is 7.26. The van der Waals surface area contributed by atoms with Crippen molar-refractivity contribution in [2.75, 3.05) is 14.1 Å². The molecule has 0 N–H and O–H groups in total. The topological polar surface area (TPSA) is 25.4 Å². The molecule has 0 bridgehead atoms. The number of nitrogens with zero attached hydrogens (tertiary/aromatic N) is 2. The van der Waals surface area contributed by atoms with Gasteiger partial charge in [0, 0.05) is 25.3 Å². The molecule has 0 unspecified atom stereocenters. The predicted molar refractivity (Wildman–Crippen MR) is 82.5 cm³/mol. The Morgan fingerprint density at radius 2 is 2.16 bits per heavy atom. The van der Waals surface area contributed by atoms with E-state index in [0.717, 1.165) is 21.0 Å². The number of thiazole rings is 1. The Labute approximate surface area is 122 Å². The van der Waals surface area contributed by atoms with Crippen molar-refractivity contribution in [2.45, 2.75) is 20.0 Å². The van der Waals surface area contributed by atoms with Gasteiger partial charge >= 0.3 is 0 Å². The fourth-order valence-electron chi connectivity index (χ4n) is 1.63. The molecule has 19 heavy (non-hydrogen) atoms. The maximum Gasteiger partial charge on any atom is 0.171 e. The van der Waals surface area contributed by atoms with Gasteiger partial charge in [0.2, 0.25) is 0 Å². The Bertz CT molecular complexity index is 605. The molecule has 0 amide bonds. The van der Waals surface area contributed by atoms with E-state index in [1.165, 1.54) is 0 Å². The summed E-state index contributed by atoms with van der Waals surface area (Å²) in [6.45, 7) is 4.02. The van der Waals surface area contributed by atoms with Gasteiger partial charge in [0.1, 0.15) is 0 Å². The van der Waals surface area contributed by atoms with Gasteiger partial charge in [-0.25, -0.2) is 4.98 Å². The zero-order valence-corrected chi connectivity index (χ0v) is 13.0. The van der Waals surface area contributed by atoms with Crippen LogP contribution in [0.4, 0.5) is 0 Å². The zero-order chi connectivity index (χ0) is 14.0. The molecule has 1 aromatic heterocycles. The summed E-state index contributed by atoms with van der Waals surface area (Å²) in [4.78, 5) is 6.55. The SMILES string of the molecule is CC(C)O/C(=C/N(C)C)c1nc2cc(Cl)ccc2s1. The van der Waals surface area contributed by atoms with Crippen molar-refractivity contribution in [1.82, 2.24) is 9.88 Å². The van der Waals surface area contributed by atoms with Gasteiger partial charge < -0.3 is 9.64 Å². The zero-order valence-electron chi connectivity index (χ0n) is 11.5. The van der Waals surface area contributed by atoms with Crippen molar-refractivity contribution in [3.8, 4) is 0 Å². The van der Waals surface area contributed by atoms with Gasteiger partial charge in [-0.15, -0.1) is 11.3 Å². The van der Waals surface area contributed by atoms with Crippen molar-refractivity contribution >= 4 is 38.9 Å². The highest BCUT2D eigenvalue weighted by atomic mass is 35.5. The summed E-state index contributed by atoms with van der Waals surface area (Å²) in [6.07, 6.45) is 2.06. The molecule has 1 heterocycles. The van der Waals surface area contributed by atoms with Crippen LogP contribution in [-0.4, -0.2) is 30.1 Å². The highest BCUT2D eigenvalue weighted by Crippen LogP contribution is 2.30. The highest BCUT2D eigenvalue weighted by molar-refractivity contribution is 7.19. The number of aromatic nitrogens is 1. The molecule has 0 aliphatic rings. The van der Waals surface area contributed by atoms with Crippen molar-refractivity contribution in [1.29, 1.82) is 0 Å². The van der Waals surface area contributed by atoms with Crippen LogP contribution in [0, 0.1) is 0 Å². The smallest absolute Gasteiger partial charge is 0.171 e. The molecule has 1 aromatic carbocycles. The van der Waals surface area contributed by atoms with Crippen LogP contribution < -0.4 is 0 Å². The number of hydrogen-bond donors (Lipinski definition) is 0. The van der Waals surface area contributed by atoms with Crippen LogP contribution in [0.15, 0.2) is 24.4 Å². The molecular weight excluding hydrogens is 280 g/mol. The van der Waals surface area contributed by atoms with Crippen LogP contribution in [0.5, 0.6) is 0 Å². The lowest BCUT2D eigenvalue weighted by Crippen LogP contribution is -2.07. The van der Waals surface area contributed by atoms with E-state index >= 15 is 0 Å². The second kappa shape index (κ2) is 5.80. The quantitative estimate of drug-likeness (QED) is 0.789. The minimum Gasteiger partial charge on any atom is -0.486 e. The second-order valence-electron chi connectivity index (χ2n) is 4.75. The Balaban J connectivity index is 2.44. The fourth-order valence-corrected chi connectivity index (χ4v) is 2.70. The van der Waals surface area contributed by atoms with Crippen molar-refractivity contribution in [3.05, 3.63) is 34.4 Å². The minimum absolute atomic E-state index is 0.113. The van der Waals surface area contributed by atoms with Crippen molar-refractivity contribution < 1.29 is 4.74 Å². The average molecular weight is 297 g/mol. The van der Waals surface area contributed by atoms with E-state index in [1.807, 2.05) is 57.2 Å². The first-order valence-electron chi connectivity index (χ1n) is 6.07. The molecule has 0 radical (unpaired) electrons. The monoisotopic (exact) mass is 296 g/mol. The summed E-state index contributed by atoms with van der Waals surface area (Å²) in [5, 5.41) is 1.58. The molecular formula is C14H17ClN2OS. The van der Waals surface area contributed by atoms with Gasteiger partial charge in [0.05, 0.1) is 16.3 Å². The Hall–Kier alpha value is -1.26. The van der Waals surface area contributed by atoms with Gasteiger partial charge in [-0.1, -0.05) is 11.6 Å². The highest BCUT2D eigenvalue weighted by Gasteiger charge is 2.12. The summed E-state index contributed by atoms with van der Waals surface area (Å²) in [7, 11) is 3.93. The maximum absolute atomic E-state index is 5.99. The summed E-state index contributed by atoms with van der Waals surface area (Å²) in [5.41, 5.74) is 0.907. The van der Waals surface area contributed by atoms with Crippen LogP contribution in [-0.2, 0) is 4.74 Å². The van der Waals surface area contributed by atoms with Crippen LogP contribution in [0.2, 0.25) is 5.02 Å². The predicted octanol–water partition coefficient (Wildman–Crippen LogP) is 4.23.